The second-order valence-electron chi connectivity index (χ2n) is 8.26. The number of H-pyrrole nitrogens is 1. The molecule has 176 valence electrons. The first-order valence-electron chi connectivity index (χ1n) is 11.6. The van der Waals surface area contributed by atoms with E-state index in [1.165, 1.54) is 0 Å². The predicted octanol–water partition coefficient (Wildman–Crippen LogP) is 5.04. The number of nitrogens with zero attached hydrogens (tertiary/aromatic N) is 2. The van der Waals surface area contributed by atoms with E-state index in [2.05, 4.69) is 11.9 Å². The molecule has 1 saturated heterocycles. The molecule has 33 heavy (non-hydrogen) atoms. The molecule has 1 aliphatic rings. The number of imidazole rings is 1. The van der Waals surface area contributed by atoms with Crippen molar-refractivity contribution in [3.63, 3.8) is 0 Å². The monoisotopic (exact) mass is 471 g/mol. The number of carbonyl (C=O) groups is 1. The predicted molar refractivity (Wildman–Crippen MR) is 130 cm³/mol. The van der Waals surface area contributed by atoms with E-state index in [1.54, 1.807) is 12.1 Å². The number of para-hydroxylation sites is 2. The summed E-state index contributed by atoms with van der Waals surface area (Å²) in [6, 6.07) is 11.1. The SMILES string of the molecule is CCCCOc1c(Cl)cc(C(=O)N2CCC(n3c(=O)[nH]c4ccccc43)CC2)cc1OCC. The topological polar surface area (TPSA) is 76.6 Å². The first-order chi connectivity index (χ1) is 16.0. The zero-order chi connectivity index (χ0) is 23.4. The van der Waals surface area contributed by atoms with E-state index in [1.807, 2.05) is 40.7 Å². The van der Waals surface area contributed by atoms with E-state index >= 15 is 0 Å². The summed E-state index contributed by atoms with van der Waals surface area (Å²) < 4.78 is 13.4. The van der Waals surface area contributed by atoms with Crippen LogP contribution >= 0.6 is 11.6 Å². The lowest BCUT2D eigenvalue weighted by atomic mass is 10.0. The highest BCUT2D eigenvalue weighted by atomic mass is 35.5. The van der Waals surface area contributed by atoms with Crippen LogP contribution in [0, 0.1) is 0 Å². The van der Waals surface area contributed by atoms with Crippen molar-refractivity contribution < 1.29 is 14.3 Å². The van der Waals surface area contributed by atoms with Gasteiger partial charge in [-0.05, 0) is 50.5 Å². The highest BCUT2D eigenvalue weighted by Gasteiger charge is 2.27. The molecule has 1 aliphatic heterocycles. The number of fused-ring (bicyclic) bond motifs is 1. The van der Waals surface area contributed by atoms with Crippen molar-refractivity contribution in [1.82, 2.24) is 14.5 Å². The van der Waals surface area contributed by atoms with Crippen molar-refractivity contribution in [2.75, 3.05) is 26.3 Å². The number of hydrogen-bond donors (Lipinski definition) is 1. The van der Waals surface area contributed by atoms with E-state index in [0.717, 1.165) is 23.9 Å². The van der Waals surface area contributed by atoms with Crippen molar-refractivity contribution in [2.24, 2.45) is 0 Å². The standard InChI is InChI=1S/C25H30ClN3O4/c1-3-5-14-33-23-19(26)15-17(16-22(23)32-4-2)24(30)28-12-10-18(11-13-28)29-21-9-7-6-8-20(21)27-25(29)31/h6-9,15-16,18H,3-5,10-14H2,1-2H3,(H,27,31). The summed E-state index contributed by atoms with van der Waals surface area (Å²) in [6.07, 6.45) is 3.34. The van der Waals surface area contributed by atoms with E-state index in [-0.39, 0.29) is 17.6 Å². The van der Waals surface area contributed by atoms with Gasteiger partial charge in [0.05, 0.1) is 29.3 Å². The molecule has 0 atom stereocenters. The minimum absolute atomic E-state index is 0.0506. The summed E-state index contributed by atoms with van der Waals surface area (Å²) in [6.45, 7) is 6.09. The second kappa shape index (κ2) is 10.3. The second-order valence-corrected chi connectivity index (χ2v) is 8.67. The summed E-state index contributed by atoms with van der Waals surface area (Å²) in [7, 11) is 0. The van der Waals surface area contributed by atoms with Gasteiger partial charge in [0.25, 0.3) is 5.91 Å². The Morgan fingerprint density at radius 1 is 1.15 bits per heavy atom. The van der Waals surface area contributed by atoms with E-state index in [4.69, 9.17) is 21.1 Å². The first-order valence-corrected chi connectivity index (χ1v) is 12.0. The van der Waals surface area contributed by atoms with Crippen molar-refractivity contribution in [1.29, 1.82) is 0 Å². The highest BCUT2D eigenvalue weighted by molar-refractivity contribution is 6.32. The van der Waals surface area contributed by atoms with Crippen LogP contribution in [0.25, 0.3) is 11.0 Å². The Balaban J connectivity index is 1.49. The molecule has 1 fully saturated rings. The van der Waals surface area contributed by atoms with Gasteiger partial charge in [-0.1, -0.05) is 37.1 Å². The maximum absolute atomic E-state index is 13.2. The third kappa shape index (κ3) is 4.88. The molecule has 0 unspecified atom stereocenters. The molecule has 0 spiro atoms. The molecule has 7 nitrogen and oxygen atoms in total. The number of piperidine rings is 1. The van der Waals surface area contributed by atoms with Gasteiger partial charge < -0.3 is 19.4 Å². The Hall–Kier alpha value is -2.93. The Labute approximate surface area is 198 Å². The van der Waals surface area contributed by atoms with Crippen LogP contribution in [0.3, 0.4) is 0 Å². The molecular weight excluding hydrogens is 442 g/mol. The summed E-state index contributed by atoms with van der Waals surface area (Å²) in [4.78, 5) is 30.5. The molecule has 4 rings (SSSR count). The van der Waals surface area contributed by atoms with Gasteiger partial charge in [0, 0.05) is 24.7 Å². The van der Waals surface area contributed by atoms with Gasteiger partial charge in [0.1, 0.15) is 0 Å². The van der Waals surface area contributed by atoms with E-state index < -0.39 is 0 Å². The normalized spacial score (nSPS) is 14.6. The van der Waals surface area contributed by atoms with Crippen LogP contribution in [0.5, 0.6) is 11.5 Å². The van der Waals surface area contributed by atoms with Crippen LogP contribution in [0.15, 0.2) is 41.2 Å². The molecular formula is C25H30ClN3O4. The maximum Gasteiger partial charge on any atom is 0.326 e. The Morgan fingerprint density at radius 3 is 2.64 bits per heavy atom. The largest absolute Gasteiger partial charge is 0.490 e. The molecule has 8 heteroatoms. The van der Waals surface area contributed by atoms with Gasteiger partial charge >= 0.3 is 5.69 Å². The summed E-state index contributed by atoms with van der Waals surface area (Å²) in [5.41, 5.74) is 2.11. The fraction of sp³-hybridized carbons (Fsp3) is 0.440. The summed E-state index contributed by atoms with van der Waals surface area (Å²) in [5.74, 6) is 0.883. The number of unbranched alkanes of at least 4 members (excludes halogenated alkanes) is 1. The van der Waals surface area contributed by atoms with E-state index in [0.29, 0.717) is 61.2 Å². The van der Waals surface area contributed by atoms with E-state index in [9.17, 15) is 9.59 Å². The number of hydrogen-bond acceptors (Lipinski definition) is 4. The van der Waals surface area contributed by atoms with Gasteiger partial charge in [-0.15, -0.1) is 0 Å². The molecule has 0 saturated carbocycles. The molecule has 1 N–H and O–H groups in total. The fourth-order valence-corrected chi connectivity index (χ4v) is 4.62. The first kappa shape index (κ1) is 23.2. The van der Waals surface area contributed by atoms with Crippen molar-refractivity contribution >= 4 is 28.5 Å². The fourth-order valence-electron chi connectivity index (χ4n) is 4.36. The molecule has 2 aromatic carbocycles. The lowest BCUT2D eigenvalue weighted by Gasteiger charge is -2.32. The zero-order valence-electron chi connectivity index (χ0n) is 19.1. The number of nitrogens with one attached hydrogen (secondary N) is 1. The molecule has 0 radical (unpaired) electrons. The third-order valence-corrected chi connectivity index (χ3v) is 6.32. The minimum atomic E-state index is -0.104. The number of amides is 1. The highest BCUT2D eigenvalue weighted by Crippen LogP contribution is 2.37. The molecule has 0 bridgehead atoms. The maximum atomic E-state index is 13.2. The zero-order valence-corrected chi connectivity index (χ0v) is 19.9. The minimum Gasteiger partial charge on any atom is -0.490 e. The average molecular weight is 472 g/mol. The van der Waals surface area contributed by atoms with Gasteiger partial charge in [-0.2, -0.15) is 0 Å². The van der Waals surface area contributed by atoms with Crippen molar-refractivity contribution in [3.05, 3.63) is 57.5 Å². The molecule has 1 amide bonds. The Kier molecular flexibility index (Phi) is 7.28. The number of aromatic amines is 1. The van der Waals surface area contributed by atoms with Crippen molar-refractivity contribution in [2.45, 2.75) is 45.6 Å². The summed E-state index contributed by atoms with van der Waals surface area (Å²) in [5, 5.41) is 0.376. The number of carbonyl (C=O) groups excluding carboxylic acids is 1. The lowest BCUT2D eigenvalue weighted by molar-refractivity contribution is 0.0694. The molecule has 0 aliphatic carbocycles. The number of aromatic nitrogens is 2. The Morgan fingerprint density at radius 2 is 1.91 bits per heavy atom. The summed E-state index contributed by atoms with van der Waals surface area (Å²) >= 11 is 6.48. The Bertz CT molecular complexity index is 1180. The van der Waals surface area contributed by atoms with Gasteiger partial charge in [0.15, 0.2) is 11.5 Å². The van der Waals surface area contributed by atoms with Crippen LogP contribution in [0.2, 0.25) is 5.02 Å². The molecule has 3 aromatic rings. The van der Waals surface area contributed by atoms with Crippen LogP contribution in [0.4, 0.5) is 0 Å². The number of rotatable bonds is 8. The number of halogens is 1. The average Bonchev–Trinajstić information content (AvgIpc) is 3.16. The number of benzene rings is 2. The lowest BCUT2D eigenvalue weighted by Crippen LogP contribution is -2.40. The third-order valence-electron chi connectivity index (χ3n) is 6.04. The van der Waals surface area contributed by atoms with Crippen LogP contribution in [-0.2, 0) is 0 Å². The van der Waals surface area contributed by atoms with Gasteiger partial charge in [0.2, 0.25) is 0 Å². The smallest absolute Gasteiger partial charge is 0.326 e. The quantitative estimate of drug-likeness (QED) is 0.467. The van der Waals surface area contributed by atoms with Gasteiger partial charge in [-0.3, -0.25) is 9.36 Å². The van der Waals surface area contributed by atoms with Crippen molar-refractivity contribution in [3.8, 4) is 11.5 Å². The number of likely N-dealkylation sites (tertiary alicyclic amines) is 1. The molecule has 2 heterocycles. The van der Waals surface area contributed by atoms with Crippen LogP contribution in [-0.4, -0.2) is 46.7 Å². The number of ether oxygens (including phenoxy) is 2. The van der Waals surface area contributed by atoms with Crippen LogP contribution in [0.1, 0.15) is 55.9 Å². The molecule has 1 aromatic heterocycles. The van der Waals surface area contributed by atoms with Gasteiger partial charge in [-0.25, -0.2) is 4.79 Å². The van der Waals surface area contributed by atoms with Crippen LogP contribution < -0.4 is 15.2 Å².